The summed E-state index contributed by atoms with van der Waals surface area (Å²) >= 11 is 5.95. The Balaban J connectivity index is 1.89. The third-order valence-corrected chi connectivity index (χ3v) is 4.33. The third-order valence-electron chi connectivity index (χ3n) is 4.00. The number of benzene rings is 1. The summed E-state index contributed by atoms with van der Waals surface area (Å²) in [6, 6.07) is 3.75. The van der Waals surface area contributed by atoms with Gasteiger partial charge in [-0.3, -0.25) is 14.9 Å². The van der Waals surface area contributed by atoms with E-state index in [1.165, 1.54) is 19.2 Å². The van der Waals surface area contributed by atoms with Crippen LogP contribution in [0.25, 0.3) is 0 Å². The predicted octanol–water partition coefficient (Wildman–Crippen LogP) is 2.46. The van der Waals surface area contributed by atoms with E-state index in [-0.39, 0.29) is 28.3 Å². The summed E-state index contributed by atoms with van der Waals surface area (Å²) in [7, 11) is 1.34. The summed E-state index contributed by atoms with van der Waals surface area (Å²) in [4.78, 5) is 35.5. The maximum atomic E-state index is 12.2. The smallest absolute Gasteiger partial charge is 0.409 e. The molecule has 1 N–H and O–H groups in total. The molecule has 2 amide bonds. The molecule has 1 aromatic rings. The highest BCUT2D eigenvalue weighted by Crippen LogP contribution is 2.22. The van der Waals surface area contributed by atoms with Crippen molar-refractivity contribution < 1.29 is 19.2 Å². The Bertz CT molecular complexity index is 644. The van der Waals surface area contributed by atoms with Gasteiger partial charge in [-0.1, -0.05) is 11.6 Å². The van der Waals surface area contributed by atoms with Gasteiger partial charge in [0.05, 0.1) is 22.6 Å². The first kappa shape index (κ1) is 18.0. The second kappa shape index (κ2) is 7.96. The molecule has 24 heavy (non-hydrogen) atoms. The summed E-state index contributed by atoms with van der Waals surface area (Å²) in [5.74, 6) is -0.216. The molecule has 2 rings (SSSR count). The van der Waals surface area contributed by atoms with Crippen LogP contribution >= 0.6 is 11.6 Å². The SMILES string of the molecule is COC(=O)N1CCC(CNC(=O)c2cc([N+](=O)[O-])ccc2Cl)CC1. The molecular weight excluding hydrogens is 338 g/mol. The van der Waals surface area contributed by atoms with E-state index in [4.69, 9.17) is 11.6 Å². The van der Waals surface area contributed by atoms with E-state index in [1.54, 1.807) is 4.90 Å². The van der Waals surface area contributed by atoms with Crippen LogP contribution in [0.2, 0.25) is 5.02 Å². The fraction of sp³-hybridized carbons (Fsp3) is 0.467. The number of halogens is 1. The highest BCUT2D eigenvalue weighted by molar-refractivity contribution is 6.33. The number of carbonyl (C=O) groups excluding carboxylic acids is 2. The molecule has 1 saturated heterocycles. The number of nitro groups is 1. The highest BCUT2D eigenvalue weighted by atomic mass is 35.5. The summed E-state index contributed by atoms with van der Waals surface area (Å²) < 4.78 is 4.67. The minimum Gasteiger partial charge on any atom is -0.453 e. The molecule has 0 atom stereocenters. The lowest BCUT2D eigenvalue weighted by molar-refractivity contribution is -0.384. The van der Waals surface area contributed by atoms with Crippen LogP contribution in [0.5, 0.6) is 0 Å². The third kappa shape index (κ3) is 4.35. The number of piperidine rings is 1. The van der Waals surface area contributed by atoms with Crippen LogP contribution in [0.3, 0.4) is 0 Å². The number of ether oxygens (including phenoxy) is 1. The standard InChI is InChI=1S/C15H18ClN3O5/c1-24-15(21)18-6-4-10(5-7-18)9-17-14(20)12-8-11(19(22)23)2-3-13(12)16/h2-3,8,10H,4-7,9H2,1H3,(H,17,20). The molecule has 8 nitrogen and oxygen atoms in total. The van der Waals surface area contributed by atoms with Gasteiger partial charge in [-0.2, -0.15) is 0 Å². The Morgan fingerprint density at radius 1 is 1.42 bits per heavy atom. The highest BCUT2D eigenvalue weighted by Gasteiger charge is 2.24. The molecule has 0 aliphatic carbocycles. The van der Waals surface area contributed by atoms with Crippen molar-refractivity contribution in [2.75, 3.05) is 26.7 Å². The Morgan fingerprint density at radius 2 is 2.08 bits per heavy atom. The Morgan fingerprint density at radius 3 is 2.67 bits per heavy atom. The van der Waals surface area contributed by atoms with Crippen LogP contribution in [-0.2, 0) is 4.74 Å². The zero-order chi connectivity index (χ0) is 17.7. The van der Waals surface area contributed by atoms with Gasteiger partial charge in [0.2, 0.25) is 0 Å². The van der Waals surface area contributed by atoms with Crippen molar-refractivity contribution in [2.24, 2.45) is 5.92 Å². The molecule has 0 radical (unpaired) electrons. The number of amides is 2. The van der Waals surface area contributed by atoms with Crippen LogP contribution in [0.4, 0.5) is 10.5 Å². The molecule has 0 bridgehead atoms. The van der Waals surface area contributed by atoms with E-state index in [0.29, 0.717) is 19.6 Å². The molecular formula is C15H18ClN3O5. The topological polar surface area (TPSA) is 102 Å². The monoisotopic (exact) mass is 355 g/mol. The maximum absolute atomic E-state index is 12.2. The van der Waals surface area contributed by atoms with Gasteiger partial charge in [0.15, 0.2) is 0 Å². The van der Waals surface area contributed by atoms with E-state index in [1.807, 2.05) is 0 Å². The summed E-state index contributed by atoms with van der Waals surface area (Å²) in [6.45, 7) is 1.57. The van der Waals surface area contributed by atoms with Crippen molar-refractivity contribution in [3.8, 4) is 0 Å². The number of nitrogens with zero attached hydrogens (tertiary/aromatic N) is 2. The number of methoxy groups -OCH3 is 1. The molecule has 1 aromatic carbocycles. The minimum atomic E-state index is -0.574. The second-order valence-corrected chi connectivity index (χ2v) is 5.94. The molecule has 0 spiro atoms. The molecule has 0 saturated carbocycles. The molecule has 130 valence electrons. The van der Waals surface area contributed by atoms with Crippen molar-refractivity contribution in [3.05, 3.63) is 38.9 Å². The van der Waals surface area contributed by atoms with Crippen LogP contribution in [0.1, 0.15) is 23.2 Å². The maximum Gasteiger partial charge on any atom is 0.409 e. The lowest BCUT2D eigenvalue weighted by Crippen LogP contribution is -2.41. The summed E-state index contributed by atoms with van der Waals surface area (Å²) in [5, 5.41) is 13.7. The van der Waals surface area contributed by atoms with Gasteiger partial charge in [0.25, 0.3) is 11.6 Å². The Labute approximate surface area is 143 Å². The molecule has 9 heteroatoms. The zero-order valence-corrected chi connectivity index (χ0v) is 13.9. The van der Waals surface area contributed by atoms with Gasteiger partial charge in [0, 0.05) is 31.8 Å². The van der Waals surface area contributed by atoms with Gasteiger partial charge in [-0.15, -0.1) is 0 Å². The van der Waals surface area contributed by atoms with E-state index in [9.17, 15) is 19.7 Å². The average Bonchev–Trinajstić information content (AvgIpc) is 2.59. The fourth-order valence-corrected chi connectivity index (χ4v) is 2.79. The number of nitro benzene ring substituents is 1. The quantitative estimate of drug-likeness (QED) is 0.660. The van der Waals surface area contributed by atoms with Crippen LogP contribution in [0, 0.1) is 16.0 Å². The van der Waals surface area contributed by atoms with Crippen molar-refractivity contribution in [1.82, 2.24) is 10.2 Å². The van der Waals surface area contributed by atoms with Crippen LogP contribution in [0.15, 0.2) is 18.2 Å². The number of hydrogen-bond acceptors (Lipinski definition) is 5. The van der Waals surface area contributed by atoms with Gasteiger partial charge >= 0.3 is 6.09 Å². The predicted molar refractivity (Wildman–Crippen MR) is 87.1 cm³/mol. The first-order chi connectivity index (χ1) is 11.4. The largest absolute Gasteiger partial charge is 0.453 e. The number of nitrogens with one attached hydrogen (secondary N) is 1. The number of carbonyl (C=O) groups is 2. The first-order valence-corrected chi connectivity index (χ1v) is 7.85. The molecule has 1 aliphatic heterocycles. The van der Waals surface area contributed by atoms with E-state index < -0.39 is 10.8 Å². The van der Waals surface area contributed by atoms with Crippen LogP contribution in [-0.4, -0.2) is 48.6 Å². The summed E-state index contributed by atoms with van der Waals surface area (Å²) in [5.41, 5.74) is -0.103. The molecule has 1 heterocycles. The van der Waals surface area contributed by atoms with E-state index in [0.717, 1.165) is 18.9 Å². The summed E-state index contributed by atoms with van der Waals surface area (Å²) in [6.07, 6.45) is 1.15. The molecule has 1 fully saturated rings. The first-order valence-electron chi connectivity index (χ1n) is 7.47. The lowest BCUT2D eigenvalue weighted by Gasteiger charge is -2.30. The van der Waals surface area contributed by atoms with E-state index >= 15 is 0 Å². The van der Waals surface area contributed by atoms with Crippen molar-refractivity contribution in [2.45, 2.75) is 12.8 Å². The van der Waals surface area contributed by atoms with Crippen LogP contribution < -0.4 is 5.32 Å². The molecule has 0 unspecified atom stereocenters. The Hall–Kier alpha value is -2.35. The normalized spacial score (nSPS) is 15.0. The number of likely N-dealkylation sites (tertiary alicyclic amines) is 1. The zero-order valence-electron chi connectivity index (χ0n) is 13.2. The average molecular weight is 356 g/mol. The minimum absolute atomic E-state index is 0.0814. The van der Waals surface area contributed by atoms with Crippen molar-refractivity contribution >= 4 is 29.3 Å². The van der Waals surface area contributed by atoms with Crippen molar-refractivity contribution in [3.63, 3.8) is 0 Å². The number of rotatable bonds is 4. The van der Waals surface area contributed by atoms with Gasteiger partial charge in [-0.05, 0) is 24.8 Å². The lowest BCUT2D eigenvalue weighted by atomic mass is 9.97. The Kier molecular flexibility index (Phi) is 5.97. The van der Waals surface area contributed by atoms with Gasteiger partial charge < -0.3 is 15.0 Å². The van der Waals surface area contributed by atoms with Crippen molar-refractivity contribution in [1.29, 1.82) is 0 Å². The molecule has 0 aromatic heterocycles. The van der Waals surface area contributed by atoms with Gasteiger partial charge in [0.1, 0.15) is 0 Å². The second-order valence-electron chi connectivity index (χ2n) is 5.53. The fourth-order valence-electron chi connectivity index (χ4n) is 2.58. The number of non-ortho nitro benzene ring substituents is 1. The van der Waals surface area contributed by atoms with Gasteiger partial charge in [-0.25, -0.2) is 4.79 Å². The van der Waals surface area contributed by atoms with E-state index in [2.05, 4.69) is 10.1 Å². The number of hydrogen-bond donors (Lipinski definition) is 1. The molecule has 1 aliphatic rings.